The molecule has 0 fully saturated rings. The van der Waals surface area contributed by atoms with Gasteiger partial charge in [-0.3, -0.25) is 4.79 Å². The van der Waals surface area contributed by atoms with Crippen molar-refractivity contribution in [1.29, 1.82) is 0 Å². The number of rotatable bonds is 8. The molecular formula is C19H23NO2S. The van der Waals surface area contributed by atoms with Crippen LogP contribution in [0, 0.1) is 13.8 Å². The Labute approximate surface area is 142 Å². The average Bonchev–Trinajstić information content (AvgIpc) is 2.51. The SMILES string of the molecule is Cc1cccc(NC(=O)CSCCCOc2cccc(C)c2)c1. The predicted molar refractivity (Wildman–Crippen MR) is 98.4 cm³/mol. The fourth-order valence-corrected chi connectivity index (χ4v) is 2.86. The fourth-order valence-electron chi connectivity index (χ4n) is 2.14. The first-order valence-corrected chi connectivity index (χ1v) is 8.93. The minimum atomic E-state index is 0.0419. The van der Waals surface area contributed by atoms with Crippen molar-refractivity contribution in [3.05, 3.63) is 59.7 Å². The van der Waals surface area contributed by atoms with Gasteiger partial charge in [0, 0.05) is 5.69 Å². The van der Waals surface area contributed by atoms with Gasteiger partial charge in [0.25, 0.3) is 0 Å². The van der Waals surface area contributed by atoms with Crippen LogP contribution in [0.15, 0.2) is 48.5 Å². The quantitative estimate of drug-likeness (QED) is 0.727. The Kier molecular flexibility index (Phi) is 7.01. The number of aryl methyl sites for hydroxylation is 2. The fraction of sp³-hybridized carbons (Fsp3) is 0.316. The number of ether oxygens (including phenoxy) is 1. The summed E-state index contributed by atoms with van der Waals surface area (Å²) in [6, 6.07) is 15.9. The normalized spacial score (nSPS) is 10.3. The lowest BCUT2D eigenvalue weighted by molar-refractivity contribution is -0.113. The molecule has 0 unspecified atom stereocenters. The van der Waals surface area contributed by atoms with E-state index in [0.29, 0.717) is 12.4 Å². The predicted octanol–water partition coefficient (Wildman–Crippen LogP) is 4.44. The van der Waals surface area contributed by atoms with Crippen molar-refractivity contribution in [3.63, 3.8) is 0 Å². The molecule has 4 heteroatoms. The highest BCUT2D eigenvalue weighted by molar-refractivity contribution is 7.99. The molecule has 23 heavy (non-hydrogen) atoms. The van der Waals surface area contributed by atoms with Gasteiger partial charge in [-0.1, -0.05) is 24.3 Å². The maximum atomic E-state index is 11.9. The maximum absolute atomic E-state index is 11.9. The number of hydrogen-bond acceptors (Lipinski definition) is 3. The van der Waals surface area contributed by atoms with Gasteiger partial charge in [0.2, 0.25) is 5.91 Å². The van der Waals surface area contributed by atoms with Crippen molar-refractivity contribution in [2.75, 3.05) is 23.4 Å². The van der Waals surface area contributed by atoms with Gasteiger partial charge in [0.1, 0.15) is 5.75 Å². The smallest absolute Gasteiger partial charge is 0.234 e. The lowest BCUT2D eigenvalue weighted by Gasteiger charge is -2.07. The van der Waals surface area contributed by atoms with Gasteiger partial charge >= 0.3 is 0 Å². The minimum Gasteiger partial charge on any atom is -0.494 e. The molecule has 0 radical (unpaired) electrons. The molecule has 0 saturated heterocycles. The van der Waals surface area contributed by atoms with E-state index in [1.807, 2.05) is 49.4 Å². The van der Waals surface area contributed by atoms with Crippen molar-refractivity contribution < 1.29 is 9.53 Å². The second-order valence-electron chi connectivity index (χ2n) is 5.49. The Hall–Kier alpha value is -1.94. The number of carbonyl (C=O) groups is 1. The minimum absolute atomic E-state index is 0.0419. The largest absolute Gasteiger partial charge is 0.494 e. The van der Waals surface area contributed by atoms with E-state index in [-0.39, 0.29) is 5.91 Å². The van der Waals surface area contributed by atoms with Crippen LogP contribution in [0.25, 0.3) is 0 Å². The lowest BCUT2D eigenvalue weighted by atomic mass is 10.2. The van der Waals surface area contributed by atoms with Gasteiger partial charge < -0.3 is 10.1 Å². The molecule has 0 spiro atoms. The van der Waals surface area contributed by atoms with Crippen molar-refractivity contribution in [3.8, 4) is 5.75 Å². The topological polar surface area (TPSA) is 38.3 Å². The maximum Gasteiger partial charge on any atom is 0.234 e. The first-order valence-electron chi connectivity index (χ1n) is 7.77. The molecule has 0 atom stereocenters. The Morgan fingerprint density at radius 3 is 2.57 bits per heavy atom. The third kappa shape index (κ3) is 6.78. The molecule has 2 aromatic rings. The third-order valence-electron chi connectivity index (χ3n) is 3.23. The van der Waals surface area contributed by atoms with Crippen LogP contribution in [0.1, 0.15) is 17.5 Å². The number of thioether (sulfide) groups is 1. The van der Waals surface area contributed by atoms with Gasteiger partial charge in [-0.25, -0.2) is 0 Å². The van der Waals surface area contributed by atoms with E-state index in [2.05, 4.69) is 18.3 Å². The summed E-state index contributed by atoms with van der Waals surface area (Å²) in [6.07, 6.45) is 0.927. The number of benzene rings is 2. The van der Waals surface area contributed by atoms with Gasteiger partial charge in [-0.05, 0) is 61.4 Å². The molecule has 0 aromatic heterocycles. The van der Waals surface area contributed by atoms with E-state index in [0.717, 1.165) is 29.2 Å². The van der Waals surface area contributed by atoms with Crippen LogP contribution >= 0.6 is 11.8 Å². The second-order valence-corrected chi connectivity index (χ2v) is 6.59. The van der Waals surface area contributed by atoms with Crippen LogP contribution in [-0.2, 0) is 4.79 Å². The Bertz CT molecular complexity index is 643. The van der Waals surface area contributed by atoms with E-state index < -0.39 is 0 Å². The number of hydrogen-bond donors (Lipinski definition) is 1. The molecule has 0 aliphatic rings. The zero-order valence-electron chi connectivity index (χ0n) is 13.7. The van der Waals surface area contributed by atoms with Crippen molar-refractivity contribution in [1.82, 2.24) is 0 Å². The van der Waals surface area contributed by atoms with Crippen molar-refractivity contribution >= 4 is 23.4 Å². The molecule has 0 heterocycles. The van der Waals surface area contributed by atoms with Crippen LogP contribution in [0.5, 0.6) is 5.75 Å². The lowest BCUT2D eigenvalue weighted by Crippen LogP contribution is -2.14. The molecule has 2 rings (SSSR count). The number of anilines is 1. The molecule has 0 bridgehead atoms. The zero-order valence-corrected chi connectivity index (χ0v) is 14.5. The number of nitrogens with one attached hydrogen (secondary N) is 1. The van der Waals surface area contributed by atoms with Gasteiger partial charge in [0.05, 0.1) is 12.4 Å². The van der Waals surface area contributed by atoms with Crippen molar-refractivity contribution in [2.24, 2.45) is 0 Å². The van der Waals surface area contributed by atoms with E-state index in [1.54, 1.807) is 11.8 Å². The summed E-state index contributed by atoms with van der Waals surface area (Å²) in [6.45, 7) is 4.74. The van der Waals surface area contributed by atoms with E-state index in [9.17, 15) is 4.79 Å². The Morgan fingerprint density at radius 1 is 1.09 bits per heavy atom. The molecule has 0 aliphatic heterocycles. The summed E-state index contributed by atoms with van der Waals surface area (Å²) in [5, 5.41) is 2.91. The van der Waals surface area contributed by atoms with Crippen LogP contribution in [0.2, 0.25) is 0 Å². The zero-order chi connectivity index (χ0) is 16.5. The average molecular weight is 329 g/mol. The molecule has 1 amide bonds. The van der Waals surface area contributed by atoms with Gasteiger partial charge in [0.15, 0.2) is 0 Å². The highest BCUT2D eigenvalue weighted by Crippen LogP contribution is 2.14. The molecule has 3 nitrogen and oxygen atoms in total. The summed E-state index contributed by atoms with van der Waals surface area (Å²) in [5.41, 5.74) is 3.20. The van der Waals surface area contributed by atoms with Gasteiger partial charge in [-0.2, -0.15) is 11.8 Å². The summed E-state index contributed by atoms with van der Waals surface area (Å²) >= 11 is 1.63. The van der Waals surface area contributed by atoms with E-state index >= 15 is 0 Å². The van der Waals surface area contributed by atoms with E-state index in [1.165, 1.54) is 5.56 Å². The van der Waals surface area contributed by atoms with E-state index in [4.69, 9.17) is 4.74 Å². The molecule has 2 aromatic carbocycles. The standard InChI is InChI=1S/C19H23NO2S/c1-15-6-3-8-17(12-15)20-19(21)14-23-11-5-10-22-18-9-4-7-16(2)13-18/h3-4,6-9,12-13H,5,10-11,14H2,1-2H3,(H,20,21). The highest BCUT2D eigenvalue weighted by Gasteiger charge is 2.03. The van der Waals surface area contributed by atoms with Crippen LogP contribution < -0.4 is 10.1 Å². The Morgan fingerprint density at radius 2 is 1.83 bits per heavy atom. The molecule has 0 saturated carbocycles. The summed E-state index contributed by atoms with van der Waals surface area (Å²) in [7, 11) is 0. The van der Waals surface area contributed by atoms with Crippen LogP contribution in [-0.4, -0.2) is 24.0 Å². The summed E-state index contributed by atoms with van der Waals surface area (Å²) < 4.78 is 5.69. The Balaban J connectivity index is 1.57. The first-order chi connectivity index (χ1) is 11.1. The second kappa shape index (κ2) is 9.26. The number of amides is 1. The first kappa shape index (κ1) is 17.4. The molecule has 0 aliphatic carbocycles. The molecular weight excluding hydrogens is 306 g/mol. The summed E-state index contributed by atoms with van der Waals surface area (Å²) in [5.74, 6) is 2.33. The van der Waals surface area contributed by atoms with Crippen molar-refractivity contribution in [2.45, 2.75) is 20.3 Å². The number of carbonyl (C=O) groups excluding carboxylic acids is 1. The highest BCUT2D eigenvalue weighted by atomic mass is 32.2. The molecule has 122 valence electrons. The molecule has 1 N–H and O–H groups in total. The third-order valence-corrected chi connectivity index (χ3v) is 4.27. The van der Waals surface area contributed by atoms with Gasteiger partial charge in [-0.15, -0.1) is 0 Å². The summed E-state index contributed by atoms with van der Waals surface area (Å²) in [4.78, 5) is 11.9. The van der Waals surface area contributed by atoms with Crippen LogP contribution in [0.4, 0.5) is 5.69 Å². The monoisotopic (exact) mass is 329 g/mol. The van der Waals surface area contributed by atoms with Crippen LogP contribution in [0.3, 0.4) is 0 Å².